The molecule has 3 rings (SSSR count). The molecule has 2 aromatic carbocycles. The van der Waals surface area contributed by atoms with Gasteiger partial charge >= 0.3 is 0 Å². The van der Waals surface area contributed by atoms with Crippen LogP contribution < -0.4 is 4.74 Å². The minimum atomic E-state index is -0.0896. The van der Waals surface area contributed by atoms with Gasteiger partial charge in [0.1, 0.15) is 11.9 Å². The predicted octanol–water partition coefficient (Wildman–Crippen LogP) is 5.14. The monoisotopic (exact) mass is 276 g/mol. The summed E-state index contributed by atoms with van der Waals surface area (Å²) in [4.78, 5) is 0. The van der Waals surface area contributed by atoms with Crippen molar-refractivity contribution in [3.05, 3.63) is 69.7 Å². The maximum atomic E-state index is 5.97. The van der Waals surface area contributed by atoms with Gasteiger partial charge in [0.25, 0.3) is 0 Å². The molecule has 1 atom stereocenters. The molecule has 3 heteroatoms. The molecule has 1 unspecified atom stereocenters. The molecule has 18 heavy (non-hydrogen) atoms. The Balaban J connectivity index is 1.93. The van der Waals surface area contributed by atoms with Crippen LogP contribution >= 0.6 is 23.2 Å². The van der Waals surface area contributed by atoms with E-state index in [9.17, 15) is 0 Å². The number of hydrogen-bond donors (Lipinski definition) is 0. The van der Waals surface area contributed by atoms with E-state index in [-0.39, 0.29) is 6.10 Å². The smallest absolute Gasteiger partial charge is 0.142 e. The van der Waals surface area contributed by atoms with Gasteiger partial charge in [-0.25, -0.2) is 0 Å². The lowest BCUT2D eigenvalue weighted by Gasteiger charge is -2.22. The molecular formula is C15H10Cl2O. The fourth-order valence-corrected chi connectivity index (χ4v) is 2.23. The molecule has 1 nitrogen and oxygen atoms in total. The van der Waals surface area contributed by atoms with Crippen LogP contribution in [-0.4, -0.2) is 0 Å². The summed E-state index contributed by atoms with van der Waals surface area (Å²) in [6, 6.07) is 13.3. The van der Waals surface area contributed by atoms with Crippen molar-refractivity contribution in [3.63, 3.8) is 0 Å². The third-order valence-corrected chi connectivity index (χ3v) is 3.37. The van der Waals surface area contributed by atoms with Crippen LogP contribution in [0.25, 0.3) is 6.08 Å². The summed E-state index contributed by atoms with van der Waals surface area (Å²) >= 11 is 11.8. The fourth-order valence-electron chi connectivity index (χ4n) is 1.95. The molecule has 1 aliphatic heterocycles. The molecule has 0 saturated carbocycles. The van der Waals surface area contributed by atoms with E-state index in [2.05, 4.69) is 6.08 Å². The summed E-state index contributed by atoms with van der Waals surface area (Å²) in [5.74, 6) is 0.810. The summed E-state index contributed by atoms with van der Waals surface area (Å²) < 4.78 is 5.92. The highest BCUT2D eigenvalue weighted by Gasteiger charge is 2.16. The second-order valence-corrected chi connectivity index (χ2v) is 5.00. The summed E-state index contributed by atoms with van der Waals surface area (Å²) in [5, 5.41) is 1.40. The molecule has 0 N–H and O–H groups in total. The van der Waals surface area contributed by atoms with Crippen molar-refractivity contribution in [2.24, 2.45) is 0 Å². The number of ether oxygens (including phenoxy) is 1. The van der Waals surface area contributed by atoms with Crippen molar-refractivity contribution < 1.29 is 4.74 Å². The van der Waals surface area contributed by atoms with Gasteiger partial charge in [-0.3, -0.25) is 0 Å². The number of rotatable bonds is 1. The van der Waals surface area contributed by atoms with Crippen LogP contribution in [0.4, 0.5) is 0 Å². The van der Waals surface area contributed by atoms with Crippen molar-refractivity contribution in [2.45, 2.75) is 6.10 Å². The van der Waals surface area contributed by atoms with Crippen LogP contribution in [0.15, 0.2) is 48.5 Å². The first-order valence-electron chi connectivity index (χ1n) is 5.62. The zero-order valence-corrected chi connectivity index (χ0v) is 10.9. The van der Waals surface area contributed by atoms with Crippen molar-refractivity contribution in [1.29, 1.82) is 0 Å². The Hall–Kier alpha value is -1.44. The van der Waals surface area contributed by atoms with Gasteiger partial charge in [0.15, 0.2) is 0 Å². The van der Waals surface area contributed by atoms with Crippen LogP contribution in [0.5, 0.6) is 5.75 Å². The van der Waals surface area contributed by atoms with E-state index in [0.717, 1.165) is 21.9 Å². The minimum absolute atomic E-state index is 0.0896. The lowest BCUT2D eigenvalue weighted by molar-refractivity contribution is 0.252. The Kier molecular flexibility index (Phi) is 3.02. The highest BCUT2D eigenvalue weighted by atomic mass is 35.5. The van der Waals surface area contributed by atoms with Gasteiger partial charge in [0.2, 0.25) is 0 Å². The van der Waals surface area contributed by atoms with Crippen LogP contribution in [0, 0.1) is 0 Å². The molecular weight excluding hydrogens is 267 g/mol. The van der Waals surface area contributed by atoms with E-state index in [1.54, 1.807) is 0 Å². The lowest BCUT2D eigenvalue weighted by atomic mass is 10.0. The first-order chi connectivity index (χ1) is 8.72. The maximum Gasteiger partial charge on any atom is 0.142 e. The number of halogens is 2. The normalized spacial score (nSPS) is 17.1. The topological polar surface area (TPSA) is 9.23 Å². The summed E-state index contributed by atoms with van der Waals surface area (Å²) in [6.07, 6.45) is 3.99. The maximum absolute atomic E-state index is 5.97. The van der Waals surface area contributed by atoms with E-state index >= 15 is 0 Å². The van der Waals surface area contributed by atoms with E-state index in [1.807, 2.05) is 48.5 Å². The fraction of sp³-hybridized carbons (Fsp3) is 0.0667. The van der Waals surface area contributed by atoms with Crippen LogP contribution in [0.2, 0.25) is 10.0 Å². The Bertz CT molecular complexity index is 602. The van der Waals surface area contributed by atoms with E-state index in [0.29, 0.717) is 5.02 Å². The molecule has 90 valence electrons. The predicted molar refractivity (Wildman–Crippen MR) is 75.3 cm³/mol. The van der Waals surface area contributed by atoms with Gasteiger partial charge in [-0.15, -0.1) is 0 Å². The van der Waals surface area contributed by atoms with Crippen molar-refractivity contribution in [1.82, 2.24) is 0 Å². The quantitative estimate of drug-likeness (QED) is 0.701. The number of hydrogen-bond acceptors (Lipinski definition) is 1. The van der Waals surface area contributed by atoms with Gasteiger partial charge in [-0.1, -0.05) is 41.4 Å². The Labute approximate surface area is 116 Å². The highest BCUT2D eigenvalue weighted by molar-refractivity contribution is 6.31. The summed E-state index contributed by atoms with van der Waals surface area (Å²) in [7, 11) is 0. The molecule has 0 saturated heterocycles. The molecule has 0 fully saturated rings. The third-order valence-electron chi connectivity index (χ3n) is 2.88. The van der Waals surface area contributed by atoms with Gasteiger partial charge in [-0.05, 0) is 42.0 Å². The lowest BCUT2D eigenvalue weighted by Crippen LogP contribution is -2.08. The zero-order valence-electron chi connectivity index (χ0n) is 9.44. The van der Waals surface area contributed by atoms with Gasteiger partial charge in [0.05, 0.1) is 0 Å². The molecule has 0 aliphatic carbocycles. The molecule has 2 aromatic rings. The van der Waals surface area contributed by atoms with Crippen molar-refractivity contribution in [3.8, 4) is 5.75 Å². The van der Waals surface area contributed by atoms with E-state index < -0.39 is 0 Å². The molecule has 0 amide bonds. The average molecular weight is 277 g/mol. The highest BCUT2D eigenvalue weighted by Crippen LogP contribution is 2.34. The zero-order chi connectivity index (χ0) is 12.5. The van der Waals surface area contributed by atoms with Crippen LogP contribution in [-0.2, 0) is 0 Å². The molecule has 0 radical (unpaired) electrons. The molecule has 1 heterocycles. The van der Waals surface area contributed by atoms with Gasteiger partial charge in [0, 0.05) is 15.6 Å². The Morgan fingerprint density at radius 2 is 1.61 bits per heavy atom. The first-order valence-corrected chi connectivity index (χ1v) is 6.38. The summed E-state index contributed by atoms with van der Waals surface area (Å²) in [5.41, 5.74) is 2.12. The largest absolute Gasteiger partial charge is 0.481 e. The van der Waals surface area contributed by atoms with E-state index in [1.165, 1.54) is 0 Å². The van der Waals surface area contributed by atoms with Crippen LogP contribution in [0.3, 0.4) is 0 Å². The SMILES string of the molecule is Clc1ccc(C2C=Cc3ccc(Cl)cc3O2)cc1. The molecule has 0 aromatic heterocycles. The molecule has 0 bridgehead atoms. The van der Waals surface area contributed by atoms with Crippen LogP contribution in [0.1, 0.15) is 17.2 Å². The van der Waals surface area contributed by atoms with Gasteiger partial charge < -0.3 is 4.74 Å². The molecule has 1 aliphatic rings. The first kappa shape index (κ1) is 11.6. The second-order valence-electron chi connectivity index (χ2n) is 4.13. The standard InChI is InChI=1S/C15H10Cl2O/c16-12-5-1-10(2-6-12)14-8-4-11-3-7-13(17)9-15(11)18-14/h1-9,14H. The van der Waals surface area contributed by atoms with Crippen molar-refractivity contribution in [2.75, 3.05) is 0 Å². The third kappa shape index (κ3) is 2.24. The Morgan fingerprint density at radius 1 is 0.889 bits per heavy atom. The number of fused-ring (bicyclic) bond motifs is 1. The minimum Gasteiger partial charge on any atom is -0.481 e. The summed E-state index contributed by atoms with van der Waals surface area (Å²) in [6.45, 7) is 0. The number of benzene rings is 2. The average Bonchev–Trinajstić information content (AvgIpc) is 2.38. The van der Waals surface area contributed by atoms with E-state index in [4.69, 9.17) is 27.9 Å². The van der Waals surface area contributed by atoms with Crippen molar-refractivity contribution >= 4 is 29.3 Å². The van der Waals surface area contributed by atoms with Gasteiger partial charge in [-0.2, -0.15) is 0 Å². The molecule has 0 spiro atoms. The second kappa shape index (κ2) is 4.68. The Morgan fingerprint density at radius 3 is 2.39 bits per heavy atom.